The number of methoxy groups -OCH3 is 1. The predicted molar refractivity (Wildman–Crippen MR) is 84.4 cm³/mol. The Hall–Kier alpha value is -0.830. The molecule has 0 amide bonds. The molecule has 20 heavy (non-hydrogen) atoms. The molecule has 0 heterocycles. The van der Waals surface area contributed by atoms with Crippen LogP contribution in [0.5, 0.6) is 5.75 Å². The molecule has 0 fully saturated rings. The molecule has 0 radical (unpaired) electrons. The highest BCUT2D eigenvalue weighted by Gasteiger charge is 2.17. The number of ether oxygens (including phenoxy) is 1. The number of anilines is 1. The molecule has 0 atom stereocenters. The second kappa shape index (κ2) is 7.82. The molecule has 0 saturated heterocycles. The predicted octanol–water partition coefficient (Wildman–Crippen LogP) is 1.66. The molecular formula is C12H20BrN3O3S. The van der Waals surface area contributed by atoms with E-state index in [1.807, 2.05) is 7.05 Å². The molecule has 6 nitrogen and oxygen atoms in total. The first-order chi connectivity index (χ1) is 9.40. The number of hydrogen-bond acceptors (Lipinski definition) is 4. The van der Waals surface area contributed by atoms with E-state index in [0.29, 0.717) is 18.0 Å². The Morgan fingerprint density at radius 1 is 1.40 bits per heavy atom. The zero-order valence-electron chi connectivity index (χ0n) is 11.8. The summed E-state index contributed by atoms with van der Waals surface area (Å²) in [6, 6.07) is 5.03. The van der Waals surface area contributed by atoms with E-state index in [9.17, 15) is 8.42 Å². The van der Waals surface area contributed by atoms with E-state index in [-0.39, 0.29) is 0 Å². The second-order valence-corrected chi connectivity index (χ2v) is 6.87. The van der Waals surface area contributed by atoms with Crippen molar-refractivity contribution in [1.29, 1.82) is 0 Å². The molecule has 8 heteroatoms. The molecule has 2 N–H and O–H groups in total. The third-order valence-corrected chi connectivity index (χ3v) is 4.86. The van der Waals surface area contributed by atoms with E-state index in [1.54, 1.807) is 25.2 Å². The van der Waals surface area contributed by atoms with Crippen molar-refractivity contribution in [2.75, 3.05) is 39.0 Å². The molecule has 0 aliphatic heterocycles. The monoisotopic (exact) mass is 365 g/mol. The minimum atomic E-state index is -3.55. The van der Waals surface area contributed by atoms with Gasteiger partial charge in [-0.3, -0.25) is 4.72 Å². The topological polar surface area (TPSA) is 70.7 Å². The smallest absolute Gasteiger partial charge is 0.301 e. The van der Waals surface area contributed by atoms with Crippen LogP contribution in [-0.4, -0.2) is 47.0 Å². The van der Waals surface area contributed by atoms with Crippen LogP contribution in [0, 0.1) is 0 Å². The summed E-state index contributed by atoms with van der Waals surface area (Å²) in [6.45, 7) is 1.22. The van der Waals surface area contributed by atoms with E-state index >= 15 is 0 Å². The number of rotatable bonds is 8. The first kappa shape index (κ1) is 17.2. The summed E-state index contributed by atoms with van der Waals surface area (Å²) in [4.78, 5) is 0. The van der Waals surface area contributed by atoms with Crippen molar-refractivity contribution in [1.82, 2.24) is 9.62 Å². The fourth-order valence-corrected chi connectivity index (χ4v) is 2.91. The van der Waals surface area contributed by atoms with Crippen molar-refractivity contribution in [3.8, 4) is 5.75 Å². The van der Waals surface area contributed by atoms with E-state index in [1.165, 1.54) is 11.4 Å². The maximum atomic E-state index is 12.1. The Kier molecular flexibility index (Phi) is 6.74. The molecule has 0 spiro atoms. The van der Waals surface area contributed by atoms with Gasteiger partial charge in [-0.1, -0.05) is 0 Å². The minimum Gasteiger partial charge on any atom is -0.495 e. The lowest BCUT2D eigenvalue weighted by atomic mass is 10.3. The van der Waals surface area contributed by atoms with Crippen LogP contribution >= 0.6 is 15.9 Å². The maximum absolute atomic E-state index is 12.1. The molecule has 0 bridgehead atoms. The summed E-state index contributed by atoms with van der Waals surface area (Å²) in [5.74, 6) is 0.572. The van der Waals surface area contributed by atoms with Crippen molar-refractivity contribution in [2.24, 2.45) is 0 Å². The summed E-state index contributed by atoms with van der Waals surface area (Å²) in [7, 11) is 1.37. The van der Waals surface area contributed by atoms with Crippen molar-refractivity contribution in [3.05, 3.63) is 22.7 Å². The van der Waals surface area contributed by atoms with Crippen LogP contribution in [0.15, 0.2) is 22.7 Å². The summed E-state index contributed by atoms with van der Waals surface area (Å²) >= 11 is 3.32. The molecule has 0 unspecified atom stereocenters. The average Bonchev–Trinajstić information content (AvgIpc) is 2.40. The Morgan fingerprint density at radius 2 is 2.10 bits per heavy atom. The number of nitrogens with one attached hydrogen (secondary N) is 2. The fraction of sp³-hybridized carbons (Fsp3) is 0.500. The highest BCUT2D eigenvalue weighted by molar-refractivity contribution is 9.10. The Bertz CT molecular complexity index is 537. The van der Waals surface area contributed by atoms with Gasteiger partial charge in [-0.2, -0.15) is 12.7 Å². The summed E-state index contributed by atoms with van der Waals surface area (Å²) in [6.07, 6.45) is 0.748. The number of halogens is 1. The van der Waals surface area contributed by atoms with E-state index in [2.05, 4.69) is 26.0 Å². The molecule has 1 aromatic carbocycles. The van der Waals surface area contributed by atoms with Crippen LogP contribution in [0.3, 0.4) is 0 Å². The third-order valence-electron chi connectivity index (χ3n) is 2.71. The number of hydrogen-bond donors (Lipinski definition) is 2. The molecule has 1 aromatic rings. The van der Waals surface area contributed by atoms with Crippen LogP contribution in [-0.2, 0) is 10.2 Å². The summed E-state index contributed by atoms with van der Waals surface area (Å²) in [5.41, 5.74) is 0.463. The number of benzene rings is 1. The number of nitrogens with zero attached hydrogens (tertiary/aromatic N) is 1. The van der Waals surface area contributed by atoms with Gasteiger partial charge in [0.05, 0.1) is 17.3 Å². The normalized spacial score (nSPS) is 11.7. The third kappa shape index (κ3) is 4.93. The van der Waals surface area contributed by atoms with Gasteiger partial charge < -0.3 is 10.1 Å². The van der Waals surface area contributed by atoms with Crippen LogP contribution in [0.4, 0.5) is 5.69 Å². The zero-order chi connectivity index (χ0) is 15.2. The Labute approximate surface area is 128 Å². The van der Waals surface area contributed by atoms with Gasteiger partial charge in [-0.15, -0.1) is 0 Å². The lowest BCUT2D eigenvalue weighted by Crippen LogP contribution is -2.34. The van der Waals surface area contributed by atoms with Gasteiger partial charge in [0.25, 0.3) is 0 Å². The summed E-state index contributed by atoms with van der Waals surface area (Å²) < 4.78 is 34.0. The van der Waals surface area contributed by atoms with Crippen molar-refractivity contribution >= 4 is 31.8 Å². The van der Waals surface area contributed by atoms with Gasteiger partial charge in [0, 0.05) is 19.7 Å². The SMILES string of the molecule is CNCCCN(C)S(=O)(=O)Nc1ccc(Br)c(OC)c1. The molecule has 0 saturated carbocycles. The quantitative estimate of drug-likeness (QED) is 0.687. The zero-order valence-corrected chi connectivity index (χ0v) is 14.2. The minimum absolute atomic E-state index is 0.448. The second-order valence-electron chi connectivity index (χ2n) is 4.24. The van der Waals surface area contributed by atoms with Crippen molar-refractivity contribution < 1.29 is 13.2 Å². The Balaban J connectivity index is 2.75. The molecule has 0 aliphatic carbocycles. The largest absolute Gasteiger partial charge is 0.495 e. The van der Waals surface area contributed by atoms with Crippen LogP contribution in [0.2, 0.25) is 0 Å². The molecule has 0 aliphatic rings. The Morgan fingerprint density at radius 3 is 2.70 bits per heavy atom. The van der Waals surface area contributed by atoms with Gasteiger partial charge in [-0.25, -0.2) is 0 Å². The van der Waals surface area contributed by atoms with Crippen molar-refractivity contribution in [3.63, 3.8) is 0 Å². The van der Waals surface area contributed by atoms with Gasteiger partial charge >= 0.3 is 10.2 Å². The highest BCUT2D eigenvalue weighted by atomic mass is 79.9. The van der Waals surface area contributed by atoms with Gasteiger partial charge in [0.2, 0.25) is 0 Å². The molecule has 1 rings (SSSR count). The van der Waals surface area contributed by atoms with Crippen LogP contribution in [0.1, 0.15) is 6.42 Å². The first-order valence-electron chi connectivity index (χ1n) is 6.13. The van der Waals surface area contributed by atoms with Crippen molar-refractivity contribution in [2.45, 2.75) is 6.42 Å². The van der Waals surface area contributed by atoms with E-state index in [0.717, 1.165) is 17.4 Å². The summed E-state index contributed by atoms with van der Waals surface area (Å²) in [5, 5.41) is 2.98. The standard InChI is InChI=1S/C12H20BrN3O3S/c1-14-7-4-8-16(2)20(17,18)15-10-5-6-11(13)12(9-10)19-3/h5-6,9,14-15H,4,7-8H2,1-3H3. The first-order valence-corrected chi connectivity index (χ1v) is 8.36. The van der Waals surface area contributed by atoms with Gasteiger partial charge in [-0.05, 0) is 48.1 Å². The van der Waals surface area contributed by atoms with Crippen LogP contribution < -0.4 is 14.8 Å². The fourth-order valence-electron chi connectivity index (χ4n) is 1.55. The van der Waals surface area contributed by atoms with Gasteiger partial charge in [0.15, 0.2) is 0 Å². The van der Waals surface area contributed by atoms with Gasteiger partial charge in [0.1, 0.15) is 5.75 Å². The lowest BCUT2D eigenvalue weighted by molar-refractivity contribution is 0.412. The maximum Gasteiger partial charge on any atom is 0.301 e. The van der Waals surface area contributed by atoms with Crippen LogP contribution in [0.25, 0.3) is 0 Å². The molecular weight excluding hydrogens is 346 g/mol. The lowest BCUT2D eigenvalue weighted by Gasteiger charge is -2.18. The van der Waals surface area contributed by atoms with E-state index in [4.69, 9.17) is 4.74 Å². The van der Waals surface area contributed by atoms with E-state index < -0.39 is 10.2 Å². The molecule has 0 aromatic heterocycles. The highest BCUT2D eigenvalue weighted by Crippen LogP contribution is 2.28. The average molecular weight is 366 g/mol. The molecule has 114 valence electrons.